The third-order valence-electron chi connectivity index (χ3n) is 6.92. The highest BCUT2D eigenvalue weighted by molar-refractivity contribution is 9.10. The number of methoxy groups -OCH3 is 1. The van der Waals surface area contributed by atoms with Crippen LogP contribution in [0.2, 0.25) is 5.02 Å². The van der Waals surface area contributed by atoms with Crippen LogP contribution in [0, 0.1) is 17.0 Å². The molecule has 0 aliphatic carbocycles. The molecule has 44 heavy (non-hydrogen) atoms. The van der Waals surface area contributed by atoms with Crippen LogP contribution in [0.5, 0.6) is 5.75 Å². The normalized spacial score (nSPS) is 11.9. The first-order valence-corrected chi connectivity index (χ1v) is 16.3. The maximum atomic E-state index is 14.2. The van der Waals surface area contributed by atoms with Crippen LogP contribution in [0.15, 0.2) is 70.0 Å². The highest BCUT2D eigenvalue weighted by Gasteiger charge is 2.35. The Hall–Kier alpha value is -3.68. The van der Waals surface area contributed by atoms with Crippen molar-refractivity contribution in [1.29, 1.82) is 0 Å². The fraction of sp³-hybridized carbons (Fsp3) is 0.333. The number of anilines is 1. The summed E-state index contributed by atoms with van der Waals surface area (Å²) in [6.45, 7) is 4.71. The molecule has 1 atom stereocenters. The molecule has 1 N–H and O–H groups in total. The number of aryl methyl sites for hydroxylation is 1. The van der Waals surface area contributed by atoms with Gasteiger partial charge in [-0.05, 0) is 62.2 Å². The molecule has 3 rings (SSSR count). The SMILES string of the molecule is CCCCNC(=O)C(C)N(Cc1ccc(Br)cc1)C(=O)CN(c1cc(Cl)ccc1OC)S(=O)(=O)c1ccc(C)c([N+](=O)[O-])c1. The molecule has 236 valence electrons. The van der Waals surface area contributed by atoms with Crippen LogP contribution >= 0.6 is 27.5 Å². The van der Waals surface area contributed by atoms with Crippen LogP contribution in [0.4, 0.5) is 11.4 Å². The first-order chi connectivity index (χ1) is 20.8. The van der Waals surface area contributed by atoms with E-state index in [1.807, 2.05) is 6.92 Å². The summed E-state index contributed by atoms with van der Waals surface area (Å²) in [5, 5.41) is 14.6. The third-order valence-corrected chi connectivity index (χ3v) is 9.44. The third kappa shape index (κ3) is 8.48. The summed E-state index contributed by atoms with van der Waals surface area (Å²) in [7, 11) is -3.28. The van der Waals surface area contributed by atoms with Gasteiger partial charge in [0.25, 0.3) is 15.7 Å². The number of benzene rings is 3. The maximum Gasteiger partial charge on any atom is 0.273 e. The molecule has 0 saturated carbocycles. The van der Waals surface area contributed by atoms with E-state index in [0.717, 1.165) is 27.7 Å². The number of amides is 2. The number of unbranched alkanes of at least 4 members (excludes halogenated alkanes) is 1. The number of sulfonamides is 1. The quantitative estimate of drug-likeness (QED) is 0.126. The van der Waals surface area contributed by atoms with Crippen LogP contribution in [0.1, 0.15) is 37.8 Å². The van der Waals surface area contributed by atoms with Gasteiger partial charge in [-0.2, -0.15) is 0 Å². The Morgan fingerprint density at radius 3 is 2.41 bits per heavy atom. The average molecular weight is 710 g/mol. The Balaban J connectivity index is 2.13. The summed E-state index contributed by atoms with van der Waals surface area (Å²) in [5.41, 5.74) is 0.518. The van der Waals surface area contributed by atoms with Crippen LogP contribution in [-0.4, -0.2) is 56.3 Å². The van der Waals surface area contributed by atoms with Gasteiger partial charge in [0.1, 0.15) is 18.3 Å². The predicted molar refractivity (Wildman–Crippen MR) is 172 cm³/mol. The fourth-order valence-corrected chi connectivity index (χ4v) is 6.22. The van der Waals surface area contributed by atoms with E-state index in [1.165, 1.54) is 49.3 Å². The lowest BCUT2D eigenvalue weighted by atomic mass is 10.1. The van der Waals surface area contributed by atoms with Crippen molar-refractivity contribution in [3.05, 3.63) is 91.4 Å². The Labute approximate surface area is 270 Å². The van der Waals surface area contributed by atoms with Crippen molar-refractivity contribution in [3.63, 3.8) is 0 Å². The molecule has 0 saturated heterocycles. The van der Waals surface area contributed by atoms with Crippen molar-refractivity contribution in [2.24, 2.45) is 0 Å². The minimum absolute atomic E-state index is 0.00501. The average Bonchev–Trinajstić information content (AvgIpc) is 2.99. The van der Waals surface area contributed by atoms with Crippen LogP contribution in [-0.2, 0) is 26.2 Å². The van der Waals surface area contributed by atoms with Crippen molar-refractivity contribution in [1.82, 2.24) is 10.2 Å². The molecule has 1 unspecified atom stereocenters. The van der Waals surface area contributed by atoms with Gasteiger partial charge in [-0.15, -0.1) is 0 Å². The van der Waals surface area contributed by atoms with Crippen molar-refractivity contribution >= 4 is 60.7 Å². The first-order valence-electron chi connectivity index (χ1n) is 13.7. The number of rotatable bonds is 14. The maximum absolute atomic E-state index is 14.2. The number of halogens is 2. The zero-order valence-electron chi connectivity index (χ0n) is 24.7. The van der Waals surface area contributed by atoms with Crippen molar-refractivity contribution in [2.75, 3.05) is 24.5 Å². The van der Waals surface area contributed by atoms with Gasteiger partial charge in [0.2, 0.25) is 11.8 Å². The molecule has 3 aromatic rings. The van der Waals surface area contributed by atoms with Gasteiger partial charge in [-0.3, -0.25) is 24.0 Å². The van der Waals surface area contributed by atoms with E-state index in [2.05, 4.69) is 21.2 Å². The van der Waals surface area contributed by atoms with Crippen molar-refractivity contribution < 1.29 is 27.7 Å². The number of nitro benzene ring substituents is 1. The van der Waals surface area contributed by atoms with Gasteiger partial charge >= 0.3 is 0 Å². The molecule has 0 aliphatic heterocycles. The summed E-state index contributed by atoms with van der Waals surface area (Å²) in [5.74, 6) is -0.997. The molecule has 14 heteroatoms. The summed E-state index contributed by atoms with van der Waals surface area (Å²) in [4.78, 5) is 39.1. The molecule has 0 aliphatic rings. The number of ether oxygens (including phenoxy) is 1. The van der Waals surface area contributed by atoms with E-state index in [1.54, 1.807) is 31.2 Å². The molecule has 0 radical (unpaired) electrons. The van der Waals surface area contributed by atoms with Gasteiger partial charge in [0, 0.05) is 34.2 Å². The number of nitrogens with one attached hydrogen (secondary N) is 1. The van der Waals surface area contributed by atoms with E-state index in [-0.39, 0.29) is 28.6 Å². The lowest BCUT2D eigenvalue weighted by Gasteiger charge is -2.32. The Morgan fingerprint density at radius 1 is 1.11 bits per heavy atom. The number of nitrogens with zero attached hydrogens (tertiary/aromatic N) is 3. The summed E-state index contributed by atoms with van der Waals surface area (Å²) in [6, 6.07) is 14.0. The predicted octanol–water partition coefficient (Wildman–Crippen LogP) is 5.86. The smallest absolute Gasteiger partial charge is 0.273 e. The minimum atomic E-state index is -4.61. The molecule has 0 spiro atoms. The van der Waals surface area contributed by atoms with Crippen LogP contribution in [0.3, 0.4) is 0 Å². The van der Waals surface area contributed by atoms with Crippen molar-refractivity contribution in [2.45, 2.75) is 51.1 Å². The number of carbonyl (C=O) groups excluding carboxylic acids is 2. The zero-order valence-corrected chi connectivity index (χ0v) is 27.9. The minimum Gasteiger partial charge on any atom is -0.495 e. The highest BCUT2D eigenvalue weighted by atomic mass is 79.9. The number of carbonyl (C=O) groups is 2. The molecule has 3 aromatic carbocycles. The van der Waals surface area contributed by atoms with E-state index in [9.17, 15) is 28.1 Å². The number of hydrogen-bond donors (Lipinski definition) is 1. The van der Waals surface area contributed by atoms with Gasteiger partial charge in [0.15, 0.2) is 0 Å². The highest BCUT2D eigenvalue weighted by Crippen LogP contribution is 2.36. The van der Waals surface area contributed by atoms with Crippen LogP contribution < -0.4 is 14.4 Å². The lowest BCUT2D eigenvalue weighted by molar-refractivity contribution is -0.385. The second kappa shape index (κ2) is 15.4. The van der Waals surface area contributed by atoms with Crippen molar-refractivity contribution in [3.8, 4) is 5.75 Å². The van der Waals surface area contributed by atoms with Gasteiger partial charge in [-0.25, -0.2) is 8.42 Å². The first kappa shape index (κ1) is 34.8. The van der Waals surface area contributed by atoms with E-state index in [4.69, 9.17) is 16.3 Å². The summed E-state index contributed by atoms with van der Waals surface area (Å²) < 4.78 is 35.4. The molecular weight excluding hydrogens is 676 g/mol. The summed E-state index contributed by atoms with van der Waals surface area (Å²) >= 11 is 9.64. The van der Waals surface area contributed by atoms with Crippen LogP contribution in [0.25, 0.3) is 0 Å². The van der Waals surface area contributed by atoms with E-state index < -0.39 is 49.9 Å². The molecule has 0 heterocycles. The van der Waals surface area contributed by atoms with E-state index in [0.29, 0.717) is 12.1 Å². The second-order valence-corrected chi connectivity index (χ2v) is 13.2. The molecule has 2 amide bonds. The standard InChI is InChI=1S/C30H34BrClN4O7S/c1-5-6-15-33-30(38)21(3)34(18-22-8-10-23(31)11-9-22)29(37)19-35(27-16-24(32)12-14-28(27)43-4)44(41,42)25-13-7-20(2)26(17-25)36(39)40/h7-14,16-17,21H,5-6,15,18-19H2,1-4H3,(H,33,38). The molecule has 11 nitrogen and oxygen atoms in total. The Morgan fingerprint density at radius 2 is 1.80 bits per heavy atom. The molecular formula is C30H34BrClN4O7S. The zero-order chi connectivity index (χ0) is 32.6. The molecule has 0 bridgehead atoms. The Bertz CT molecular complexity index is 1620. The summed E-state index contributed by atoms with van der Waals surface area (Å²) in [6.07, 6.45) is 1.62. The second-order valence-electron chi connectivity index (χ2n) is 10.0. The van der Waals surface area contributed by atoms with Gasteiger partial charge < -0.3 is 15.0 Å². The number of hydrogen-bond acceptors (Lipinski definition) is 7. The Kier molecular flexibility index (Phi) is 12.1. The van der Waals surface area contributed by atoms with E-state index >= 15 is 0 Å². The van der Waals surface area contributed by atoms with Gasteiger partial charge in [-0.1, -0.05) is 59.1 Å². The fourth-order valence-electron chi connectivity index (χ4n) is 4.35. The largest absolute Gasteiger partial charge is 0.495 e. The topological polar surface area (TPSA) is 139 Å². The lowest BCUT2D eigenvalue weighted by Crippen LogP contribution is -2.51. The molecule has 0 fully saturated rings. The van der Waals surface area contributed by atoms with Gasteiger partial charge in [0.05, 0.1) is 22.6 Å². The molecule has 0 aromatic heterocycles. The number of nitro groups is 1. The monoisotopic (exact) mass is 708 g/mol.